The molecule has 21 heavy (non-hydrogen) atoms. The Morgan fingerprint density at radius 2 is 1.90 bits per heavy atom. The topological polar surface area (TPSA) is 38.3 Å². The fourth-order valence-corrected chi connectivity index (χ4v) is 2.23. The van der Waals surface area contributed by atoms with E-state index in [1.807, 2.05) is 68.4 Å². The molecule has 0 radical (unpaired) electrons. The molecule has 0 saturated carbocycles. The normalized spacial score (nSPS) is 11.9. The smallest absolute Gasteiger partial charge is 0.327 e. The molecule has 0 amide bonds. The number of rotatable bonds is 6. The maximum atomic E-state index is 12.2. The van der Waals surface area contributed by atoms with Crippen LogP contribution in [0.25, 0.3) is 0 Å². The molecule has 0 aliphatic heterocycles. The van der Waals surface area contributed by atoms with Crippen molar-refractivity contribution >= 4 is 5.97 Å². The van der Waals surface area contributed by atoms with Gasteiger partial charge in [-0.05, 0) is 25.0 Å². The van der Waals surface area contributed by atoms with Crippen molar-refractivity contribution in [3.05, 3.63) is 71.3 Å². The number of esters is 1. The van der Waals surface area contributed by atoms with Gasteiger partial charge >= 0.3 is 5.97 Å². The van der Waals surface area contributed by atoms with E-state index in [9.17, 15) is 4.79 Å². The fourth-order valence-electron chi connectivity index (χ4n) is 2.23. The third-order valence-electron chi connectivity index (χ3n) is 3.25. The fraction of sp³-hybridized carbons (Fsp3) is 0.278. The first-order valence-corrected chi connectivity index (χ1v) is 7.21. The van der Waals surface area contributed by atoms with Crippen LogP contribution in [0, 0.1) is 6.92 Å². The van der Waals surface area contributed by atoms with E-state index >= 15 is 0 Å². The van der Waals surface area contributed by atoms with E-state index in [0.717, 1.165) is 16.7 Å². The second kappa shape index (κ2) is 7.60. The number of benzene rings is 2. The first-order chi connectivity index (χ1) is 10.2. The predicted molar refractivity (Wildman–Crippen MR) is 83.8 cm³/mol. The van der Waals surface area contributed by atoms with Gasteiger partial charge in [-0.15, -0.1) is 0 Å². The molecular weight excluding hydrogens is 262 g/mol. The summed E-state index contributed by atoms with van der Waals surface area (Å²) in [5, 5.41) is 3.29. The monoisotopic (exact) mass is 283 g/mol. The van der Waals surface area contributed by atoms with E-state index in [1.54, 1.807) is 0 Å². The zero-order valence-electron chi connectivity index (χ0n) is 12.5. The summed E-state index contributed by atoms with van der Waals surface area (Å²) in [6, 6.07) is 17.5. The Balaban J connectivity index is 2.14. The Kier molecular flexibility index (Phi) is 5.52. The predicted octanol–water partition coefficient (Wildman–Crippen LogP) is 3.39. The van der Waals surface area contributed by atoms with Crippen LogP contribution >= 0.6 is 0 Å². The van der Waals surface area contributed by atoms with Crippen molar-refractivity contribution in [3.8, 4) is 0 Å². The largest absolute Gasteiger partial charge is 0.465 e. The molecule has 2 aromatic rings. The molecule has 110 valence electrons. The minimum atomic E-state index is -0.440. The maximum absolute atomic E-state index is 12.2. The lowest BCUT2D eigenvalue weighted by molar-refractivity contribution is -0.145. The van der Waals surface area contributed by atoms with Crippen molar-refractivity contribution in [1.82, 2.24) is 5.32 Å². The molecular formula is C18H21NO2. The van der Waals surface area contributed by atoms with E-state index in [2.05, 4.69) is 5.32 Å². The molecule has 2 rings (SSSR count). The molecule has 1 unspecified atom stereocenters. The molecule has 3 nitrogen and oxygen atoms in total. The summed E-state index contributed by atoms with van der Waals surface area (Å²) in [4.78, 5) is 12.2. The lowest BCUT2D eigenvalue weighted by Crippen LogP contribution is -2.30. The molecule has 3 heteroatoms. The van der Waals surface area contributed by atoms with Crippen LogP contribution in [0.15, 0.2) is 54.6 Å². The number of hydrogen-bond acceptors (Lipinski definition) is 3. The molecule has 0 aliphatic rings. The van der Waals surface area contributed by atoms with Gasteiger partial charge in [0.25, 0.3) is 0 Å². The molecule has 2 aromatic carbocycles. The van der Waals surface area contributed by atoms with E-state index in [-0.39, 0.29) is 5.97 Å². The number of ether oxygens (including phenoxy) is 1. The Hall–Kier alpha value is -2.13. The summed E-state index contributed by atoms with van der Waals surface area (Å²) in [7, 11) is 0. The summed E-state index contributed by atoms with van der Waals surface area (Å²) in [6.45, 7) is 4.84. The van der Waals surface area contributed by atoms with Crippen LogP contribution in [0.4, 0.5) is 0 Å². The Bertz CT molecular complexity index is 581. The van der Waals surface area contributed by atoms with Crippen molar-refractivity contribution in [2.75, 3.05) is 6.61 Å². The highest BCUT2D eigenvalue weighted by atomic mass is 16.5. The van der Waals surface area contributed by atoms with Gasteiger partial charge in [-0.2, -0.15) is 0 Å². The van der Waals surface area contributed by atoms with E-state index in [1.165, 1.54) is 0 Å². The van der Waals surface area contributed by atoms with Crippen LogP contribution in [0.1, 0.15) is 29.7 Å². The van der Waals surface area contributed by atoms with Gasteiger partial charge in [0.2, 0.25) is 0 Å². The number of hydrogen-bond donors (Lipinski definition) is 1. The zero-order chi connectivity index (χ0) is 15.1. The van der Waals surface area contributed by atoms with Gasteiger partial charge in [0.15, 0.2) is 0 Å². The Morgan fingerprint density at radius 1 is 1.14 bits per heavy atom. The zero-order valence-corrected chi connectivity index (χ0v) is 12.5. The SMILES string of the molecule is CCOC(=O)C(NCc1ccccc1)c1cccc(C)c1. The standard InChI is InChI=1S/C18H21NO2/c1-3-21-18(20)17(16-11-7-8-14(2)12-16)19-13-15-9-5-4-6-10-15/h4-12,17,19H,3,13H2,1-2H3. The maximum Gasteiger partial charge on any atom is 0.327 e. The number of carbonyl (C=O) groups excluding carboxylic acids is 1. The van der Waals surface area contributed by atoms with Crippen molar-refractivity contribution in [1.29, 1.82) is 0 Å². The van der Waals surface area contributed by atoms with Gasteiger partial charge in [-0.1, -0.05) is 60.2 Å². The van der Waals surface area contributed by atoms with Gasteiger partial charge in [-0.25, -0.2) is 4.79 Å². The minimum absolute atomic E-state index is 0.237. The minimum Gasteiger partial charge on any atom is -0.465 e. The van der Waals surface area contributed by atoms with Crippen LogP contribution in [-0.4, -0.2) is 12.6 Å². The van der Waals surface area contributed by atoms with Gasteiger partial charge < -0.3 is 4.74 Å². The highest BCUT2D eigenvalue weighted by Gasteiger charge is 2.21. The highest BCUT2D eigenvalue weighted by molar-refractivity contribution is 5.77. The summed E-state index contributed by atoms with van der Waals surface area (Å²) >= 11 is 0. The van der Waals surface area contributed by atoms with Crippen LogP contribution in [0.2, 0.25) is 0 Å². The highest BCUT2D eigenvalue weighted by Crippen LogP contribution is 2.17. The second-order valence-corrected chi connectivity index (χ2v) is 4.97. The molecule has 0 aromatic heterocycles. The van der Waals surface area contributed by atoms with Crippen molar-refractivity contribution in [2.24, 2.45) is 0 Å². The lowest BCUT2D eigenvalue weighted by atomic mass is 10.0. The lowest BCUT2D eigenvalue weighted by Gasteiger charge is -2.18. The third kappa shape index (κ3) is 4.43. The first kappa shape index (κ1) is 15.3. The van der Waals surface area contributed by atoms with Gasteiger partial charge in [-0.3, -0.25) is 5.32 Å². The van der Waals surface area contributed by atoms with Gasteiger partial charge in [0.1, 0.15) is 6.04 Å². The van der Waals surface area contributed by atoms with E-state index in [0.29, 0.717) is 13.2 Å². The summed E-state index contributed by atoms with van der Waals surface area (Å²) < 4.78 is 5.19. The molecule has 0 bridgehead atoms. The van der Waals surface area contributed by atoms with Crippen molar-refractivity contribution in [3.63, 3.8) is 0 Å². The molecule has 0 spiro atoms. The summed E-state index contributed by atoms with van der Waals surface area (Å²) in [5.74, 6) is -0.237. The number of carbonyl (C=O) groups is 1. The number of aryl methyl sites for hydroxylation is 1. The first-order valence-electron chi connectivity index (χ1n) is 7.21. The van der Waals surface area contributed by atoms with E-state index in [4.69, 9.17) is 4.74 Å². The third-order valence-corrected chi connectivity index (χ3v) is 3.25. The van der Waals surface area contributed by atoms with Gasteiger partial charge in [0.05, 0.1) is 6.61 Å². The molecule has 0 saturated heterocycles. The Morgan fingerprint density at radius 3 is 2.57 bits per heavy atom. The Labute approximate surface area is 126 Å². The summed E-state index contributed by atoms with van der Waals surface area (Å²) in [5.41, 5.74) is 3.20. The number of nitrogens with one attached hydrogen (secondary N) is 1. The average Bonchev–Trinajstić information content (AvgIpc) is 2.49. The second-order valence-electron chi connectivity index (χ2n) is 4.97. The van der Waals surface area contributed by atoms with Crippen LogP contribution in [0.5, 0.6) is 0 Å². The van der Waals surface area contributed by atoms with E-state index < -0.39 is 6.04 Å². The molecule has 0 heterocycles. The van der Waals surface area contributed by atoms with Crippen LogP contribution < -0.4 is 5.32 Å². The molecule has 0 aliphatic carbocycles. The van der Waals surface area contributed by atoms with Gasteiger partial charge in [0, 0.05) is 6.54 Å². The quantitative estimate of drug-likeness (QED) is 0.826. The van der Waals surface area contributed by atoms with Crippen LogP contribution in [0.3, 0.4) is 0 Å². The molecule has 0 fully saturated rings. The van der Waals surface area contributed by atoms with Crippen molar-refractivity contribution in [2.45, 2.75) is 26.4 Å². The summed E-state index contributed by atoms with van der Waals surface area (Å²) in [6.07, 6.45) is 0. The molecule has 1 atom stereocenters. The van der Waals surface area contributed by atoms with Crippen molar-refractivity contribution < 1.29 is 9.53 Å². The van der Waals surface area contributed by atoms with Crippen LogP contribution in [-0.2, 0) is 16.1 Å². The average molecular weight is 283 g/mol. The molecule has 1 N–H and O–H groups in total.